The number of nitrogens with one attached hydrogen (secondary N) is 3. The summed E-state index contributed by atoms with van der Waals surface area (Å²) in [6.07, 6.45) is 2.78. The molecule has 0 aliphatic rings. The maximum Gasteiger partial charge on any atom is 0.276 e. The number of benzene rings is 1. The van der Waals surface area contributed by atoms with E-state index < -0.39 is 0 Å². The molecular weight excluding hydrogens is 300 g/mol. The summed E-state index contributed by atoms with van der Waals surface area (Å²) < 4.78 is 5.25. The molecule has 0 aliphatic carbocycles. The van der Waals surface area contributed by atoms with Gasteiger partial charge in [0.15, 0.2) is 22.7 Å². The van der Waals surface area contributed by atoms with E-state index in [0.29, 0.717) is 23.6 Å². The summed E-state index contributed by atoms with van der Waals surface area (Å²) in [6.45, 7) is 2.31. The predicted octanol–water partition coefficient (Wildman–Crippen LogP) is 1.20. The first-order valence-corrected chi connectivity index (χ1v) is 6.85. The Labute approximate surface area is 130 Å². The Balaban J connectivity index is 1.74. The van der Waals surface area contributed by atoms with E-state index in [1.165, 1.54) is 18.6 Å². The zero-order valence-electron chi connectivity index (χ0n) is 12.2. The Morgan fingerprint density at radius 3 is 3.09 bits per heavy atom. The average molecular weight is 314 g/mol. The molecular formula is C14H14N6O3. The van der Waals surface area contributed by atoms with Crippen LogP contribution in [-0.4, -0.2) is 37.9 Å². The molecule has 3 aromatic rings. The first-order chi connectivity index (χ1) is 11.2. The van der Waals surface area contributed by atoms with Gasteiger partial charge in [-0.05, 0) is 30.7 Å². The molecule has 0 atom stereocenters. The summed E-state index contributed by atoms with van der Waals surface area (Å²) in [5, 5.41) is 13.8. The van der Waals surface area contributed by atoms with E-state index in [1.807, 2.05) is 6.92 Å². The molecule has 2 heterocycles. The van der Waals surface area contributed by atoms with Crippen molar-refractivity contribution in [2.75, 3.05) is 12.0 Å². The number of aromatic amines is 2. The Hall–Kier alpha value is -3.36. The van der Waals surface area contributed by atoms with Crippen molar-refractivity contribution < 1.29 is 9.84 Å². The highest BCUT2D eigenvalue weighted by Gasteiger charge is 2.06. The van der Waals surface area contributed by atoms with Crippen LogP contribution in [0.15, 0.2) is 34.4 Å². The summed E-state index contributed by atoms with van der Waals surface area (Å²) >= 11 is 0. The lowest BCUT2D eigenvalue weighted by Crippen LogP contribution is -2.05. The average Bonchev–Trinajstić information content (AvgIpc) is 2.94. The smallest absolute Gasteiger partial charge is 0.276 e. The summed E-state index contributed by atoms with van der Waals surface area (Å²) in [7, 11) is 0. The van der Waals surface area contributed by atoms with Crippen molar-refractivity contribution in [3.63, 3.8) is 0 Å². The molecule has 0 saturated heterocycles. The van der Waals surface area contributed by atoms with Crippen molar-refractivity contribution in [2.24, 2.45) is 5.10 Å². The maximum absolute atomic E-state index is 11.5. The lowest BCUT2D eigenvalue weighted by Gasteiger charge is -2.05. The highest BCUT2D eigenvalue weighted by atomic mass is 16.5. The van der Waals surface area contributed by atoms with E-state index in [4.69, 9.17) is 4.74 Å². The van der Waals surface area contributed by atoms with Crippen LogP contribution in [0, 0.1) is 0 Å². The second kappa shape index (κ2) is 6.18. The van der Waals surface area contributed by atoms with Crippen LogP contribution < -0.4 is 15.7 Å². The van der Waals surface area contributed by atoms with E-state index >= 15 is 0 Å². The molecule has 0 bridgehead atoms. The van der Waals surface area contributed by atoms with Crippen molar-refractivity contribution in [3.8, 4) is 11.5 Å². The second-order valence-electron chi connectivity index (χ2n) is 4.55. The number of hydrogen-bond donors (Lipinski definition) is 4. The zero-order valence-corrected chi connectivity index (χ0v) is 12.2. The van der Waals surface area contributed by atoms with Crippen molar-refractivity contribution in [3.05, 3.63) is 40.4 Å². The van der Waals surface area contributed by atoms with Gasteiger partial charge in [0.1, 0.15) is 0 Å². The molecule has 2 aromatic heterocycles. The third kappa shape index (κ3) is 3.12. The van der Waals surface area contributed by atoms with Gasteiger partial charge in [-0.2, -0.15) is 10.1 Å². The van der Waals surface area contributed by atoms with Crippen molar-refractivity contribution in [2.45, 2.75) is 6.92 Å². The van der Waals surface area contributed by atoms with Gasteiger partial charge in [-0.3, -0.25) is 4.79 Å². The Morgan fingerprint density at radius 1 is 1.48 bits per heavy atom. The molecule has 1 aromatic carbocycles. The summed E-state index contributed by atoms with van der Waals surface area (Å²) in [5.41, 5.74) is 3.59. The van der Waals surface area contributed by atoms with Crippen LogP contribution in [-0.2, 0) is 0 Å². The third-order valence-corrected chi connectivity index (χ3v) is 2.96. The topological polar surface area (TPSA) is 128 Å². The van der Waals surface area contributed by atoms with Crippen molar-refractivity contribution in [1.29, 1.82) is 0 Å². The van der Waals surface area contributed by atoms with Gasteiger partial charge in [0.2, 0.25) is 5.95 Å². The van der Waals surface area contributed by atoms with Gasteiger partial charge in [0, 0.05) is 0 Å². The van der Waals surface area contributed by atoms with Gasteiger partial charge in [0.25, 0.3) is 5.56 Å². The van der Waals surface area contributed by atoms with Gasteiger partial charge < -0.3 is 19.8 Å². The molecule has 0 unspecified atom stereocenters. The normalized spacial score (nSPS) is 11.2. The number of aromatic nitrogens is 4. The largest absolute Gasteiger partial charge is 0.504 e. The molecule has 0 spiro atoms. The molecule has 118 valence electrons. The number of ether oxygens (including phenoxy) is 1. The number of phenols is 1. The molecule has 0 amide bonds. The third-order valence-electron chi connectivity index (χ3n) is 2.96. The molecule has 4 N–H and O–H groups in total. The molecule has 3 rings (SSSR count). The van der Waals surface area contributed by atoms with E-state index in [0.717, 1.165) is 0 Å². The quantitative estimate of drug-likeness (QED) is 0.414. The number of hydrogen-bond acceptors (Lipinski definition) is 7. The van der Waals surface area contributed by atoms with Gasteiger partial charge in [0.05, 0.1) is 19.1 Å². The Kier molecular flexibility index (Phi) is 3.91. The van der Waals surface area contributed by atoms with Crippen LogP contribution in [0.3, 0.4) is 0 Å². The minimum absolute atomic E-state index is 0.0373. The molecule has 9 heteroatoms. The number of anilines is 1. The minimum atomic E-state index is -0.309. The first kappa shape index (κ1) is 14.6. The number of nitrogens with zero attached hydrogens (tertiary/aromatic N) is 3. The maximum atomic E-state index is 11.5. The van der Waals surface area contributed by atoms with Crippen LogP contribution >= 0.6 is 0 Å². The van der Waals surface area contributed by atoms with Gasteiger partial charge in [-0.25, -0.2) is 10.4 Å². The SMILES string of the molecule is CCOc1ccc(/C=N\Nc2nc3nc[nH]c(=O)c3[nH]2)cc1O. The molecule has 0 aliphatic heterocycles. The van der Waals surface area contributed by atoms with E-state index in [2.05, 4.69) is 30.5 Å². The van der Waals surface area contributed by atoms with E-state index in [9.17, 15) is 9.90 Å². The van der Waals surface area contributed by atoms with Crippen molar-refractivity contribution >= 4 is 23.3 Å². The lowest BCUT2D eigenvalue weighted by atomic mass is 10.2. The van der Waals surface area contributed by atoms with E-state index in [-0.39, 0.29) is 22.8 Å². The van der Waals surface area contributed by atoms with Crippen LogP contribution in [0.4, 0.5) is 5.95 Å². The highest BCUT2D eigenvalue weighted by Crippen LogP contribution is 2.26. The summed E-state index contributed by atoms with van der Waals surface area (Å²) in [4.78, 5) is 24.8. The fraction of sp³-hybridized carbons (Fsp3) is 0.143. The number of phenolic OH excluding ortho intramolecular Hbond substituents is 1. The molecule has 0 radical (unpaired) electrons. The van der Waals surface area contributed by atoms with Gasteiger partial charge >= 0.3 is 0 Å². The molecule has 0 fully saturated rings. The van der Waals surface area contributed by atoms with Crippen LogP contribution in [0.1, 0.15) is 12.5 Å². The zero-order chi connectivity index (χ0) is 16.2. The number of H-pyrrole nitrogens is 2. The Morgan fingerprint density at radius 2 is 2.35 bits per heavy atom. The van der Waals surface area contributed by atoms with Crippen LogP contribution in [0.2, 0.25) is 0 Å². The van der Waals surface area contributed by atoms with Crippen molar-refractivity contribution in [1.82, 2.24) is 19.9 Å². The fourth-order valence-electron chi connectivity index (χ4n) is 1.95. The number of fused-ring (bicyclic) bond motifs is 1. The summed E-state index contributed by atoms with van der Waals surface area (Å²) in [6, 6.07) is 4.94. The number of aromatic hydroxyl groups is 1. The number of hydrazone groups is 1. The highest BCUT2D eigenvalue weighted by molar-refractivity contribution is 5.81. The van der Waals surface area contributed by atoms with Gasteiger partial charge in [-0.1, -0.05) is 0 Å². The standard InChI is InChI=1S/C14H14N6O3/c1-2-23-10-4-3-8(5-9(10)21)6-17-20-14-18-11-12(19-14)15-7-16-13(11)22/h3-7,21H,2H2,1H3,(H3,15,16,18,19,20,22)/b17-6-. The number of rotatable bonds is 5. The molecule has 0 saturated carbocycles. The first-order valence-electron chi connectivity index (χ1n) is 6.85. The number of imidazole rings is 1. The van der Waals surface area contributed by atoms with Gasteiger partial charge in [-0.15, -0.1) is 0 Å². The molecule has 9 nitrogen and oxygen atoms in total. The fourth-order valence-corrected chi connectivity index (χ4v) is 1.95. The monoisotopic (exact) mass is 314 g/mol. The molecule has 23 heavy (non-hydrogen) atoms. The lowest BCUT2D eigenvalue weighted by molar-refractivity contribution is 0.318. The summed E-state index contributed by atoms with van der Waals surface area (Å²) in [5.74, 6) is 0.742. The Bertz CT molecular complexity index is 914. The van der Waals surface area contributed by atoms with Crippen LogP contribution in [0.5, 0.6) is 11.5 Å². The second-order valence-corrected chi connectivity index (χ2v) is 4.55. The van der Waals surface area contributed by atoms with Crippen LogP contribution in [0.25, 0.3) is 11.2 Å². The predicted molar refractivity (Wildman–Crippen MR) is 85.0 cm³/mol. The minimum Gasteiger partial charge on any atom is -0.504 e. The van der Waals surface area contributed by atoms with E-state index in [1.54, 1.807) is 12.1 Å².